The number of halogens is 3. The number of carboxylic acids is 1. The van der Waals surface area contributed by atoms with Gasteiger partial charge >= 0.3 is 12.1 Å². The molecule has 170 valence electrons. The molecule has 1 aliphatic heterocycles. The molecular formula is C18H19F3N2O7S. The SMILES string of the molecule is CSc1ccc(Cc2c(O[C@@H]3O[C@H](C(=O)O)[C@@H](O)[C@H](O)[C@H]3O)n[nH]c2C(F)(F)F)cc1. The Morgan fingerprint density at radius 1 is 1.19 bits per heavy atom. The van der Waals surface area contributed by atoms with Crippen LogP contribution < -0.4 is 4.74 Å². The van der Waals surface area contributed by atoms with E-state index in [0.717, 1.165) is 4.90 Å². The van der Waals surface area contributed by atoms with Gasteiger partial charge in [-0.3, -0.25) is 5.10 Å². The first-order valence-corrected chi connectivity index (χ1v) is 10.1. The van der Waals surface area contributed by atoms with E-state index in [-0.39, 0.29) is 6.42 Å². The number of thioether (sulfide) groups is 1. The molecule has 2 aromatic rings. The number of hydrogen-bond donors (Lipinski definition) is 5. The second kappa shape index (κ2) is 9.04. The number of aliphatic hydroxyl groups is 3. The molecule has 1 saturated heterocycles. The molecule has 9 nitrogen and oxygen atoms in total. The number of carboxylic acid groups (broad SMARTS) is 1. The number of H-pyrrole nitrogens is 1. The minimum atomic E-state index is -4.80. The Bertz CT molecular complexity index is 922. The van der Waals surface area contributed by atoms with Gasteiger partial charge in [0, 0.05) is 11.3 Å². The summed E-state index contributed by atoms with van der Waals surface area (Å²) < 4.78 is 50.6. The molecule has 5 N–H and O–H groups in total. The van der Waals surface area contributed by atoms with Crippen molar-refractivity contribution in [1.82, 2.24) is 10.2 Å². The summed E-state index contributed by atoms with van der Waals surface area (Å²) in [5.41, 5.74) is -1.07. The van der Waals surface area contributed by atoms with Gasteiger partial charge in [-0.15, -0.1) is 16.9 Å². The topological polar surface area (TPSA) is 145 Å². The van der Waals surface area contributed by atoms with Crippen LogP contribution in [0.25, 0.3) is 0 Å². The van der Waals surface area contributed by atoms with Crippen molar-refractivity contribution in [1.29, 1.82) is 0 Å². The number of nitrogens with one attached hydrogen (secondary N) is 1. The summed E-state index contributed by atoms with van der Waals surface area (Å²) in [5, 5.41) is 44.1. The molecule has 0 bridgehead atoms. The summed E-state index contributed by atoms with van der Waals surface area (Å²) in [6.07, 6.45) is -12.9. The molecule has 1 fully saturated rings. The van der Waals surface area contributed by atoms with E-state index in [2.05, 4.69) is 5.10 Å². The fraction of sp³-hybridized carbons (Fsp3) is 0.444. The number of aliphatic carboxylic acids is 1. The van der Waals surface area contributed by atoms with Crippen molar-refractivity contribution in [3.63, 3.8) is 0 Å². The van der Waals surface area contributed by atoms with Crippen LogP contribution in [-0.2, 0) is 22.1 Å². The van der Waals surface area contributed by atoms with Gasteiger partial charge in [-0.25, -0.2) is 4.79 Å². The largest absolute Gasteiger partial charge is 0.479 e. The fourth-order valence-corrected chi connectivity index (χ4v) is 3.46. The number of aromatic nitrogens is 2. The normalized spacial score (nSPS) is 26.6. The molecule has 2 heterocycles. The zero-order valence-corrected chi connectivity index (χ0v) is 16.7. The number of nitrogens with zero attached hydrogens (tertiary/aromatic N) is 1. The highest BCUT2D eigenvalue weighted by Crippen LogP contribution is 2.37. The van der Waals surface area contributed by atoms with Crippen molar-refractivity contribution in [2.45, 2.75) is 48.2 Å². The van der Waals surface area contributed by atoms with Gasteiger partial charge in [0.1, 0.15) is 24.0 Å². The van der Waals surface area contributed by atoms with Crippen molar-refractivity contribution < 1.29 is 47.9 Å². The zero-order chi connectivity index (χ0) is 22.9. The Balaban J connectivity index is 1.91. The van der Waals surface area contributed by atoms with E-state index in [1.807, 2.05) is 11.4 Å². The Labute approximate surface area is 177 Å². The Kier molecular flexibility index (Phi) is 6.81. The Morgan fingerprint density at radius 2 is 1.84 bits per heavy atom. The molecule has 0 unspecified atom stereocenters. The van der Waals surface area contributed by atoms with E-state index in [1.54, 1.807) is 24.3 Å². The minimum absolute atomic E-state index is 0.244. The standard InChI is InChI=1S/C18H19F3N2O7S/c1-31-8-4-2-7(3-5-8)6-9-14(18(19,20)21)22-23-15(9)30-17-12(26)10(24)11(25)13(29-17)16(27)28/h2-5,10-13,17,24-26H,6H2,1H3,(H,22,23)(H,27,28)/t10-,11-,12+,13-,17-/m0/s1. The number of aromatic amines is 1. The van der Waals surface area contributed by atoms with Gasteiger partial charge in [-0.05, 0) is 24.0 Å². The summed E-state index contributed by atoms with van der Waals surface area (Å²) in [6, 6.07) is 6.73. The average molecular weight is 464 g/mol. The minimum Gasteiger partial charge on any atom is -0.479 e. The molecule has 1 aromatic heterocycles. The molecule has 31 heavy (non-hydrogen) atoms. The Hall–Kier alpha value is -2.32. The first kappa shape index (κ1) is 23.3. The van der Waals surface area contributed by atoms with E-state index < -0.39 is 60.0 Å². The van der Waals surface area contributed by atoms with Crippen molar-refractivity contribution in [2.75, 3.05) is 6.26 Å². The lowest BCUT2D eigenvalue weighted by Crippen LogP contribution is -2.61. The number of carbonyl (C=O) groups is 1. The maximum Gasteiger partial charge on any atom is 0.433 e. The lowest BCUT2D eigenvalue weighted by molar-refractivity contribution is -0.271. The molecule has 5 atom stereocenters. The zero-order valence-electron chi connectivity index (χ0n) is 15.9. The second-order valence-electron chi connectivity index (χ2n) is 6.76. The van der Waals surface area contributed by atoms with Crippen LogP contribution in [0.5, 0.6) is 5.88 Å². The maximum atomic E-state index is 13.5. The third-order valence-electron chi connectivity index (χ3n) is 4.69. The Morgan fingerprint density at radius 3 is 2.39 bits per heavy atom. The van der Waals surface area contributed by atoms with Gasteiger partial charge in [-0.1, -0.05) is 12.1 Å². The van der Waals surface area contributed by atoms with Crippen molar-refractivity contribution in [3.8, 4) is 5.88 Å². The molecule has 0 aliphatic carbocycles. The third kappa shape index (κ3) is 4.96. The first-order valence-electron chi connectivity index (χ1n) is 8.89. The van der Waals surface area contributed by atoms with E-state index in [9.17, 15) is 33.3 Å². The summed E-state index contributed by atoms with van der Waals surface area (Å²) >= 11 is 1.46. The van der Waals surface area contributed by atoms with Gasteiger partial charge < -0.3 is 29.9 Å². The van der Waals surface area contributed by atoms with Gasteiger partial charge in [0.15, 0.2) is 6.10 Å². The van der Waals surface area contributed by atoms with E-state index in [0.29, 0.717) is 5.56 Å². The lowest BCUT2D eigenvalue weighted by atomic mass is 9.99. The third-order valence-corrected chi connectivity index (χ3v) is 5.44. The van der Waals surface area contributed by atoms with Crippen molar-refractivity contribution in [2.24, 2.45) is 0 Å². The van der Waals surface area contributed by atoms with Crippen LogP contribution in [0.1, 0.15) is 16.8 Å². The molecular weight excluding hydrogens is 445 g/mol. The number of ether oxygens (including phenoxy) is 2. The van der Waals surface area contributed by atoms with Crippen LogP contribution in [0, 0.1) is 0 Å². The maximum absolute atomic E-state index is 13.5. The summed E-state index contributed by atoms with van der Waals surface area (Å²) in [7, 11) is 0. The first-order chi connectivity index (χ1) is 14.5. The number of benzene rings is 1. The van der Waals surface area contributed by atoms with Crippen LogP contribution in [0.2, 0.25) is 0 Å². The lowest BCUT2D eigenvalue weighted by Gasteiger charge is -2.38. The van der Waals surface area contributed by atoms with Crippen LogP contribution in [0.4, 0.5) is 13.2 Å². The summed E-state index contributed by atoms with van der Waals surface area (Å²) in [6.45, 7) is 0. The molecule has 1 aromatic carbocycles. The van der Waals surface area contributed by atoms with Crippen molar-refractivity contribution >= 4 is 17.7 Å². The fourth-order valence-electron chi connectivity index (χ4n) is 3.05. The van der Waals surface area contributed by atoms with Crippen LogP contribution in [0.15, 0.2) is 29.2 Å². The predicted octanol–water partition coefficient (Wildman–Crippen LogP) is 1.01. The van der Waals surface area contributed by atoms with Gasteiger partial charge in [0.25, 0.3) is 0 Å². The predicted molar refractivity (Wildman–Crippen MR) is 99.6 cm³/mol. The molecule has 0 saturated carbocycles. The van der Waals surface area contributed by atoms with Gasteiger partial charge in [0.05, 0.1) is 5.56 Å². The number of aliphatic hydroxyl groups excluding tert-OH is 3. The number of alkyl halides is 3. The van der Waals surface area contributed by atoms with E-state index in [1.165, 1.54) is 11.8 Å². The number of rotatable bonds is 6. The smallest absolute Gasteiger partial charge is 0.433 e. The second-order valence-corrected chi connectivity index (χ2v) is 7.64. The van der Waals surface area contributed by atoms with Crippen LogP contribution >= 0.6 is 11.8 Å². The molecule has 3 rings (SSSR count). The van der Waals surface area contributed by atoms with E-state index >= 15 is 0 Å². The molecule has 1 aliphatic rings. The monoisotopic (exact) mass is 464 g/mol. The molecule has 0 spiro atoms. The summed E-state index contributed by atoms with van der Waals surface area (Å²) in [5.74, 6) is -2.24. The highest BCUT2D eigenvalue weighted by atomic mass is 32.2. The quantitative estimate of drug-likeness (QED) is 0.396. The summed E-state index contributed by atoms with van der Waals surface area (Å²) in [4.78, 5) is 12.1. The number of hydrogen-bond acceptors (Lipinski definition) is 8. The van der Waals surface area contributed by atoms with Gasteiger partial charge in [0.2, 0.25) is 12.2 Å². The molecule has 0 amide bonds. The highest BCUT2D eigenvalue weighted by molar-refractivity contribution is 7.98. The van der Waals surface area contributed by atoms with Crippen LogP contribution in [-0.4, -0.2) is 73.6 Å². The highest BCUT2D eigenvalue weighted by Gasteiger charge is 2.49. The van der Waals surface area contributed by atoms with Crippen LogP contribution in [0.3, 0.4) is 0 Å². The molecule has 13 heteroatoms. The molecule has 0 radical (unpaired) electrons. The van der Waals surface area contributed by atoms with Gasteiger partial charge in [-0.2, -0.15) is 13.2 Å². The van der Waals surface area contributed by atoms with Crippen molar-refractivity contribution in [3.05, 3.63) is 41.1 Å². The average Bonchev–Trinajstić information content (AvgIpc) is 3.11. The van der Waals surface area contributed by atoms with E-state index in [4.69, 9.17) is 14.6 Å².